The van der Waals surface area contributed by atoms with Crippen molar-refractivity contribution in [2.75, 3.05) is 13.2 Å². The van der Waals surface area contributed by atoms with Crippen LogP contribution in [0, 0.1) is 23.7 Å². The normalized spacial score (nSPS) is 35.6. The van der Waals surface area contributed by atoms with Crippen LogP contribution < -0.4 is 0 Å². The Morgan fingerprint density at radius 1 is 0.905 bits per heavy atom. The maximum atomic E-state index is 5.94. The van der Waals surface area contributed by atoms with Crippen molar-refractivity contribution >= 4 is 0 Å². The number of hydrogen-bond donors (Lipinski definition) is 0. The highest BCUT2D eigenvalue weighted by atomic mass is 16.7. The molecule has 124 valence electrons. The van der Waals surface area contributed by atoms with Gasteiger partial charge in [0.05, 0.1) is 13.2 Å². The molecule has 2 fully saturated rings. The molecule has 1 saturated heterocycles. The average Bonchev–Trinajstić information content (AvgIpc) is 2.49. The van der Waals surface area contributed by atoms with E-state index >= 15 is 0 Å². The Hall–Kier alpha value is -0.0800. The molecule has 1 saturated carbocycles. The van der Waals surface area contributed by atoms with Gasteiger partial charge in [-0.15, -0.1) is 0 Å². The summed E-state index contributed by atoms with van der Waals surface area (Å²) < 4.78 is 11.9. The summed E-state index contributed by atoms with van der Waals surface area (Å²) in [7, 11) is 0. The van der Waals surface area contributed by atoms with E-state index in [2.05, 4.69) is 20.8 Å². The van der Waals surface area contributed by atoms with Gasteiger partial charge in [-0.1, -0.05) is 65.7 Å². The Labute approximate surface area is 132 Å². The van der Waals surface area contributed by atoms with E-state index in [1.807, 2.05) is 0 Å². The molecule has 0 aromatic rings. The Bertz CT molecular complexity index is 263. The molecule has 0 radical (unpaired) electrons. The molecule has 1 atom stereocenters. The smallest absolute Gasteiger partial charge is 0.160 e. The zero-order chi connectivity index (χ0) is 15.1. The summed E-state index contributed by atoms with van der Waals surface area (Å²) in [6.07, 6.45) is 12.5. The van der Waals surface area contributed by atoms with Gasteiger partial charge >= 0.3 is 0 Å². The second-order valence-corrected chi connectivity index (χ2v) is 7.75. The molecule has 0 bridgehead atoms. The van der Waals surface area contributed by atoms with E-state index in [9.17, 15) is 0 Å². The predicted molar refractivity (Wildman–Crippen MR) is 88.2 cm³/mol. The zero-order valence-electron chi connectivity index (χ0n) is 14.5. The van der Waals surface area contributed by atoms with Crippen molar-refractivity contribution < 1.29 is 9.47 Å². The summed E-state index contributed by atoms with van der Waals surface area (Å²) >= 11 is 0. The molecule has 0 N–H and O–H groups in total. The van der Waals surface area contributed by atoms with Gasteiger partial charge in [0.1, 0.15) is 0 Å². The summed E-state index contributed by atoms with van der Waals surface area (Å²) in [6, 6.07) is 0. The van der Waals surface area contributed by atoms with Crippen LogP contribution in [-0.4, -0.2) is 19.5 Å². The van der Waals surface area contributed by atoms with Gasteiger partial charge in [-0.2, -0.15) is 0 Å². The predicted octanol–water partition coefficient (Wildman–Crippen LogP) is 5.41. The summed E-state index contributed by atoms with van der Waals surface area (Å²) in [6.45, 7) is 8.65. The fraction of sp³-hybridized carbons (Fsp3) is 1.00. The molecule has 2 rings (SSSR count). The van der Waals surface area contributed by atoms with E-state index in [1.54, 1.807) is 0 Å². The van der Waals surface area contributed by atoms with Gasteiger partial charge in [-0.3, -0.25) is 0 Å². The van der Waals surface area contributed by atoms with Crippen molar-refractivity contribution in [1.82, 2.24) is 0 Å². The molecule has 2 aliphatic rings. The van der Waals surface area contributed by atoms with E-state index in [0.29, 0.717) is 11.8 Å². The molecule has 0 spiro atoms. The van der Waals surface area contributed by atoms with Crippen molar-refractivity contribution in [2.24, 2.45) is 23.7 Å². The van der Waals surface area contributed by atoms with Gasteiger partial charge in [0.25, 0.3) is 0 Å². The molecule has 0 amide bonds. The molecule has 2 nitrogen and oxygen atoms in total. The fourth-order valence-electron chi connectivity index (χ4n) is 3.96. The molecule has 1 aliphatic carbocycles. The lowest BCUT2D eigenvalue weighted by Gasteiger charge is -2.33. The third-order valence-corrected chi connectivity index (χ3v) is 5.46. The largest absolute Gasteiger partial charge is 0.352 e. The zero-order valence-corrected chi connectivity index (χ0v) is 14.5. The number of rotatable bonds is 7. The van der Waals surface area contributed by atoms with Crippen LogP contribution in [0.3, 0.4) is 0 Å². The van der Waals surface area contributed by atoms with E-state index in [4.69, 9.17) is 9.47 Å². The van der Waals surface area contributed by atoms with E-state index in [0.717, 1.165) is 25.0 Å². The van der Waals surface area contributed by atoms with Gasteiger partial charge in [0, 0.05) is 11.8 Å². The Balaban J connectivity index is 1.67. The second kappa shape index (κ2) is 9.15. The van der Waals surface area contributed by atoms with Crippen LogP contribution in [0.15, 0.2) is 0 Å². The van der Waals surface area contributed by atoms with Crippen LogP contribution in [0.2, 0.25) is 0 Å². The van der Waals surface area contributed by atoms with Gasteiger partial charge in [-0.25, -0.2) is 0 Å². The van der Waals surface area contributed by atoms with Crippen LogP contribution in [0.4, 0.5) is 0 Å². The minimum atomic E-state index is 0.0764. The average molecular weight is 296 g/mol. The lowest BCUT2D eigenvalue weighted by Crippen LogP contribution is -2.36. The first kappa shape index (κ1) is 17.3. The first-order valence-electron chi connectivity index (χ1n) is 9.42. The minimum absolute atomic E-state index is 0.0764. The molecule has 1 heterocycles. The fourth-order valence-corrected chi connectivity index (χ4v) is 3.96. The van der Waals surface area contributed by atoms with Gasteiger partial charge in [0.2, 0.25) is 0 Å². The minimum Gasteiger partial charge on any atom is -0.352 e. The summed E-state index contributed by atoms with van der Waals surface area (Å²) in [4.78, 5) is 0. The quantitative estimate of drug-likeness (QED) is 0.625. The van der Waals surface area contributed by atoms with E-state index < -0.39 is 0 Å². The lowest BCUT2D eigenvalue weighted by atomic mass is 9.80. The topological polar surface area (TPSA) is 18.5 Å². The molecule has 0 aromatic heterocycles. The third-order valence-electron chi connectivity index (χ3n) is 5.46. The maximum absolute atomic E-state index is 5.94. The summed E-state index contributed by atoms with van der Waals surface area (Å²) in [5.74, 6) is 3.15. The Morgan fingerprint density at radius 2 is 1.57 bits per heavy atom. The highest BCUT2D eigenvalue weighted by Gasteiger charge is 2.27. The monoisotopic (exact) mass is 296 g/mol. The number of ether oxygens (including phenoxy) is 2. The van der Waals surface area contributed by atoms with Crippen LogP contribution in [-0.2, 0) is 9.47 Å². The summed E-state index contributed by atoms with van der Waals surface area (Å²) in [5.41, 5.74) is 0. The van der Waals surface area contributed by atoms with Crippen LogP contribution in [0.25, 0.3) is 0 Å². The van der Waals surface area contributed by atoms with Gasteiger partial charge < -0.3 is 9.47 Å². The third kappa shape index (κ3) is 5.90. The van der Waals surface area contributed by atoms with Crippen molar-refractivity contribution in [3.05, 3.63) is 0 Å². The van der Waals surface area contributed by atoms with Crippen LogP contribution in [0.1, 0.15) is 78.6 Å². The summed E-state index contributed by atoms with van der Waals surface area (Å²) in [5, 5.41) is 0. The van der Waals surface area contributed by atoms with Crippen molar-refractivity contribution in [1.29, 1.82) is 0 Å². The standard InChI is InChI=1S/C19H36O2/c1-4-6-18(19-20-13-16(3)14-21-19)8-5-7-17-11-9-15(2)10-12-17/h15-19H,4-14H2,1-3H3. The molecule has 0 aromatic carbocycles. The highest BCUT2D eigenvalue weighted by molar-refractivity contribution is 4.72. The van der Waals surface area contributed by atoms with E-state index in [-0.39, 0.29) is 6.29 Å². The van der Waals surface area contributed by atoms with Gasteiger partial charge in [-0.05, 0) is 24.7 Å². The highest BCUT2D eigenvalue weighted by Crippen LogP contribution is 2.33. The maximum Gasteiger partial charge on any atom is 0.160 e. The van der Waals surface area contributed by atoms with Crippen molar-refractivity contribution in [3.8, 4) is 0 Å². The lowest BCUT2D eigenvalue weighted by molar-refractivity contribution is -0.224. The number of hydrogen-bond acceptors (Lipinski definition) is 2. The van der Waals surface area contributed by atoms with Crippen LogP contribution >= 0.6 is 0 Å². The molecule has 2 heteroatoms. The van der Waals surface area contributed by atoms with Gasteiger partial charge in [0.15, 0.2) is 6.29 Å². The van der Waals surface area contributed by atoms with Crippen molar-refractivity contribution in [2.45, 2.75) is 84.8 Å². The first-order chi connectivity index (χ1) is 10.2. The second-order valence-electron chi connectivity index (χ2n) is 7.75. The van der Waals surface area contributed by atoms with Crippen LogP contribution in [0.5, 0.6) is 0 Å². The van der Waals surface area contributed by atoms with Crippen molar-refractivity contribution in [3.63, 3.8) is 0 Å². The molecular weight excluding hydrogens is 260 g/mol. The first-order valence-corrected chi connectivity index (χ1v) is 9.42. The Kier molecular flexibility index (Phi) is 7.53. The molecule has 1 aliphatic heterocycles. The van der Waals surface area contributed by atoms with E-state index in [1.165, 1.54) is 57.8 Å². The SMILES string of the molecule is CCCC(CCCC1CCC(C)CC1)C1OCC(C)CO1. The molecule has 1 unspecified atom stereocenters. The Morgan fingerprint density at radius 3 is 2.19 bits per heavy atom. The molecule has 21 heavy (non-hydrogen) atoms. The molecular formula is C19H36O2.